The Kier molecular flexibility index (Phi) is 6.81. The second-order valence-corrected chi connectivity index (χ2v) is 5.59. The molecule has 0 fully saturated rings. The fourth-order valence-electron chi connectivity index (χ4n) is 2.44. The average molecular weight is 332 g/mol. The minimum Gasteiger partial charge on any atom is -0.493 e. The first-order valence-corrected chi connectivity index (χ1v) is 8.13. The fourth-order valence-corrected chi connectivity index (χ4v) is 2.44. The molecule has 0 saturated heterocycles. The van der Waals surface area contributed by atoms with Gasteiger partial charge < -0.3 is 10.1 Å². The van der Waals surface area contributed by atoms with Gasteiger partial charge in [0, 0.05) is 7.05 Å². The molecule has 1 atom stereocenters. The lowest BCUT2D eigenvalue weighted by Crippen LogP contribution is -2.46. The number of ether oxygens (including phenoxy) is 1. The van der Waals surface area contributed by atoms with Crippen molar-refractivity contribution >= 4 is 11.8 Å². The number of amides is 2. The number of allylic oxidation sites excluding steroid dienone is 1. The number of likely N-dealkylation sites (N-methyl/N-ethyl adjacent to an activating group) is 1. The highest BCUT2D eigenvalue weighted by molar-refractivity contribution is 5.99. The zero-order chi connectivity index (χ0) is 17.4. The van der Waals surface area contributed by atoms with Gasteiger partial charge in [-0.2, -0.15) is 0 Å². The van der Waals surface area contributed by atoms with Crippen LogP contribution < -0.4 is 10.1 Å². The molecule has 1 aliphatic heterocycles. The van der Waals surface area contributed by atoms with Gasteiger partial charge in [0.25, 0.3) is 11.8 Å². The summed E-state index contributed by atoms with van der Waals surface area (Å²) in [6.45, 7) is 0.562. The summed E-state index contributed by atoms with van der Waals surface area (Å²) in [6, 6.07) is 6.38. The summed E-state index contributed by atoms with van der Waals surface area (Å²) in [6.07, 6.45) is 7.20. The third kappa shape index (κ3) is 4.83. The molecule has 6 nitrogen and oxygen atoms in total. The maximum absolute atomic E-state index is 12.6. The predicted octanol–water partition coefficient (Wildman–Crippen LogP) is 2.31. The highest BCUT2D eigenvalue weighted by atomic mass is 16.7. The van der Waals surface area contributed by atoms with Crippen LogP contribution in [0.2, 0.25) is 0 Å². The molecule has 6 heteroatoms. The summed E-state index contributed by atoms with van der Waals surface area (Å²) in [5.74, 6) is -0.0987. The summed E-state index contributed by atoms with van der Waals surface area (Å²) in [4.78, 5) is 29.9. The number of fused-ring (bicyclic) bond motifs is 1. The number of nitrogens with zero attached hydrogens (tertiary/aromatic N) is 1. The van der Waals surface area contributed by atoms with E-state index >= 15 is 0 Å². The van der Waals surface area contributed by atoms with Gasteiger partial charge in [0.1, 0.15) is 11.8 Å². The van der Waals surface area contributed by atoms with E-state index in [1.165, 1.54) is 14.2 Å². The Hall–Kier alpha value is -2.34. The van der Waals surface area contributed by atoms with Gasteiger partial charge in [-0.05, 0) is 37.8 Å². The third-order valence-electron chi connectivity index (χ3n) is 3.88. The van der Waals surface area contributed by atoms with Gasteiger partial charge in [0.2, 0.25) is 0 Å². The van der Waals surface area contributed by atoms with Crippen molar-refractivity contribution in [3.05, 3.63) is 42.0 Å². The summed E-state index contributed by atoms with van der Waals surface area (Å²) in [5, 5.41) is 3.91. The smallest absolute Gasteiger partial charge is 0.268 e. The largest absolute Gasteiger partial charge is 0.493 e. The summed E-state index contributed by atoms with van der Waals surface area (Å²) >= 11 is 0. The van der Waals surface area contributed by atoms with Crippen molar-refractivity contribution in [3.63, 3.8) is 0 Å². The maximum atomic E-state index is 12.6. The third-order valence-corrected chi connectivity index (χ3v) is 3.88. The summed E-state index contributed by atoms with van der Waals surface area (Å²) < 4.78 is 5.73. The Balaban J connectivity index is 2.25. The molecule has 24 heavy (non-hydrogen) atoms. The molecule has 0 bridgehead atoms. The molecule has 0 unspecified atom stereocenters. The zero-order valence-electron chi connectivity index (χ0n) is 14.2. The summed E-state index contributed by atoms with van der Waals surface area (Å²) in [7, 11) is 2.94. The molecule has 1 aromatic rings. The monoisotopic (exact) mass is 332 g/mol. The standard InChI is InChI=1S/C18H24N2O4/c1-20(23-2)18(22)15-11-6-4-3-5-9-13-24-16-12-8-7-10-14(16)17(21)19-15/h4,6-8,10,12,15H,3,5,9,11,13H2,1-2H3,(H,19,21)/b6-4-/t15-/m0/s1. The molecular weight excluding hydrogens is 308 g/mol. The Morgan fingerprint density at radius 1 is 1.29 bits per heavy atom. The van der Waals surface area contributed by atoms with Crippen LogP contribution in [-0.4, -0.2) is 43.7 Å². The maximum Gasteiger partial charge on any atom is 0.268 e. The van der Waals surface area contributed by atoms with Crippen molar-refractivity contribution in [2.24, 2.45) is 0 Å². The van der Waals surface area contributed by atoms with E-state index in [1.807, 2.05) is 18.2 Å². The molecule has 0 aliphatic carbocycles. The second kappa shape index (κ2) is 9.08. The van der Waals surface area contributed by atoms with Crippen molar-refractivity contribution in [1.82, 2.24) is 10.4 Å². The number of hydrogen-bond acceptors (Lipinski definition) is 4. The van der Waals surface area contributed by atoms with Crippen LogP contribution in [0.25, 0.3) is 0 Å². The van der Waals surface area contributed by atoms with Crippen LogP contribution in [0.5, 0.6) is 5.75 Å². The number of hydroxylamine groups is 2. The number of benzene rings is 1. The minimum absolute atomic E-state index is 0.302. The van der Waals surface area contributed by atoms with Gasteiger partial charge in [-0.1, -0.05) is 24.3 Å². The van der Waals surface area contributed by atoms with E-state index in [4.69, 9.17) is 9.57 Å². The van der Waals surface area contributed by atoms with E-state index in [-0.39, 0.29) is 11.8 Å². The van der Waals surface area contributed by atoms with E-state index in [2.05, 4.69) is 5.32 Å². The van der Waals surface area contributed by atoms with Crippen molar-refractivity contribution in [2.45, 2.75) is 31.7 Å². The zero-order valence-corrected chi connectivity index (χ0v) is 14.2. The first-order chi connectivity index (χ1) is 11.6. The van der Waals surface area contributed by atoms with E-state index in [0.29, 0.717) is 24.3 Å². The highest BCUT2D eigenvalue weighted by Crippen LogP contribution is 2.19. The van der Waals surface area contributed by atoms with E-state index < -0.39 is 6.04 Å². The number of hydrogen-bond donors (Lipinski definition) is 1. The summed E-state index contributed by atoms with van der Waals surface area (Å²) in [5.41, 5.74) is 0.429. The molecule has 2 amide bonds. The molecule has 0 spiro atoms. The van der Waals surface area contributed by atoms with E-state index in [0.717, 1.165) is 24.3 Å². The molecule has 1 heterocycles. The average Bonchev–Trinajstić information content (AvgIpc) is 2.62. The molecular formula is C18H24N2O4. The molecule has 1 N–H and O–H groups in total. The predicted molar refractivity (Wildman–Crippen MR) is 90.6 cm³/mol. The van der Waals surface area contributed by atoms with Gasteiger partial charge in [0.15, 0.2) is 0 Å². The number of carbonyl (C=O) groups is 2. The minimum atomic E-state index is -0.687. The Morgan fingerprint density at radius 3 is 2.88 bits per heavy atom. The number of para-hydroxylation sites is 1. The SMILES string of the molecule is CON(C)C(=O)[C@@H]1C/C=C\CCCCOc2ccccc2C(=O)N1. The second-order valence-electron chi connectivity index (χ2n) is 5.59. The van der Waals surface area contributed by atoms with Crippen LogP contribution in [0.4, 0.5) is 0 Å². The Morgan fingerprint density at radius 2 is 2.08 bits per heavy atom. The van der Waals surface area contributed by atoms with Crippen LogP contribution in [-0.2, 0) is 9.63 Å². The van der Waals surface area contributed by atoms with Gasteiger partial charge >= 0.3 is 0 Å². The van der Waals surface area contributed by atoms with Crippen LogP contribution in [0.3, 0.4) is 0 Å². The lowest BCUT2D eigenvalue weighted by atomic mass is 10.1. The van der Waals surface area contributed by atoms with Crippen molar-refractivity contribution in [2.75, 3.05) is 20.8 Å². The van der Waals surface area contributed by atoms with Gasteiger partial charge in [-0.15, -0.1) is 0 Å². The molecule has 0 radical (unpaired) electrons. The van der Waals surface area contributed by atoms with E-state index in [1.54, 1.807) is 18.2 Å². The fraction of sp³-hybridized carbons (Fsp3) is 0.444. The Labute approximate surface area is 142 Å². The molecule has 0 saturated carbocycles. The first kappa shape index (κ1) is 18.0. The number of rotatable bonds is 2. The number of carbonyl (C=O) groups excluding carboxylic acids is 2. The lowest BCUT2D eigenvalue weighted by Gasteiger charge is -2.22. The molecule has 0 aromatic heterocycles. The Bertz CT molecular complexity index is 600. The van der Waals surface area contributed by atoms with Gasteiger partial charge in [-0.3, -0.25) is 14.4 Å². The first-order valence-electron chi connectivity index (χ1n) is 8.13. The van der Waals surface area contributed by atoms with Crippen LogP contribution in [0.1, 0.15) is 36.0 Å². The van der Waals surface area contributed by atoms with E-state index in [9.17, 15) is 9.59 Å². The normalized spacial score (nSPS) is 20.2. The van der Waals surface area contributed by atoms with Crippen molar-refractivity contribution in [1.29, 1.82) is 0 Å². The van der Waals surface area contributed by atoms with Crippen molar-refractivity contribution in [3.8, 4) is 5.75 Å². The van der Waals surface area contributed by atoms with Crippen LogP contribution >= 0.6 is 0 Å². The topological polar surface area (TPSA) is 67.9 Å². The lowest BCUT2D eigenvalue weighted by molar-refractivity contribution is -0.170. The molecule has 2 rings (SSSR count). The van der Waals surface area contributed by atoms with Gasteiger partial charge in [0.05, 0.1) is 19.3 Å². The molecule has 130 valence electrons. The highest BCUT2D eigenvalue weighted by Gasteiger charge is 2.25. The van der Waals surface area contributed by atoms with Gasteiger partial charge in [-0.25, -0.2) is 5.06 Å². The molecule has 1 aromatic carbocycles. The van der Waals surface area contributed by atoms with Crippen molar-refractivity contribution < 1.29 is 19.2 Å². The number of nitrogens with one attached hydrogen (secondary N) is 1. The molecule has 1 aliphatic rings. The quantitative estimate of drug-likeness (QED) is 0.667. The van der Waals surface area contributed by atoms with Crippen LogP contribution in [0, 0.1) is 0 Å². The van der Waals surface area contributed by atoms with Crippen LogP contribution in [0.15, 0.2) is 36.4 Å².